The first-order chi connectivity index (χ1) is 13.5. The average molecular weight is 419 g/mol. The van der Waals surface area contributed by atoms with Crippen LogP contribution in [0, 0.1) is 5.82 Å². The van der Waals surface area contributed by atoms with Gasteiger partial charge in [0, 0.05) is 5.69 Å². The summed E-state index contributed by atoms with van der Waals surface area (Å²) < 4.78 is 18.0. The van der Waals surface area contributed by atoms with Crippen LogP contribution >= 0.6 is 23.4 Å². The first-order valence-corrected chi connectivity index (χ1v) is 9.52. The quantitative estimate of drug-likeness (QED) is 0.552. The van der Waals surface area contributed by atoms with Gasteiger partial charge in [-0.25, -0.2) is 9.37 Å². The van der Waals surface area contributed by atoms with Crippen LogP contribution in [0.4, 0.5) is 10.1 Å². The molecule has 0 aliphatic heterocycles. The van der Waals surface area contributed by atoms with Crippen LogP contribution in [0.2, 0.25) is 5.02 Å². The number of rotatable bonds is 7. The number of ether oxygens (including phenoxy) is 1. The van der Waals surface area contributed by atoms with Gasteiger partial charge in [-0.2, -0.15) is 0 Å². The SMILES string of the molecule is COc1ccc(NC(=O)CSc2n[nH]c(/C=C/c3ccc(F)cc3)n2)cc1Cl. The van der Waals surface area contributed by atoms with E-state index in [0.29, 0.717) is 27.4 Å². The van der Waals surface area contributed by atoms with Crippen LogP contribution in [0.15, 0.2) is 47.6 Å². The highest BCUT2D eigenvalue weighted by molar-refractivity contribution is 7.99. The zero-order chi connectivity index (χ0) is 19.9. The van der Waals surface area contributed by atoms with E-state index in [1.165, 1.54) is 31.0 Å². The predicted molar refractivity (Wildman–Crippen MR) is 109 cm³/mol. The highest BCUT2D eigenvalue weighted by atomic mass is 35.5. The summed E-state index contributed by atoms with van der Waals surface area (Å²) in [4.78, 5) is 16.4. The Morgan fingerprint density at radius 3 is 2.79 bits per heavy atom. The molecule has 0 bridgehead atoms. The molecule has 2 aromatic carbocycles. The highest BCUT2D eigenvalue weighted by Crippen LogP contribution is 2.27. The number of thioether (sulfide) groups is 1. The van der Waals surface area contributed by atoms with Gasteiger partial charge in [0.2, 0.25) is 11.1 Å². The number of nitrogens with one attached hydrogen (secondary N) is 2. The van der Waals surface area contributed by atoms with Crippen molar-refractivity contribution in [3.05, 3.63) is 64.7 Å². The number of benzene rings is 2. The number of H-pyrrole nitrogens is 1. The molecule has 6 nitrogen and oxygen atoms in total. The van der Waals surface area contributed by atoms with E-state index >= 15 is 0 Å². The van der Waals surface area contributed by atoms with E-state index in [1.807, 2.05) is 0 Å². The lowest BCUT2D eigenvalue weighted by Gasteiger charge is -2.07. The van der Waals surface area contributed by atoms with Crippen molar-refractivity contribution in [3.63, 3.8) is 0 Å². The van der Waals surface area contributed by atoms with Crippen LogP contribution in [0.5, 0.6) is 5.75 Å². The minimum absolute atomic E-state index is 0.141. The Labute approximate surface area is 170 Å². The molecule has 28 heavy (non-hydrogen) atoms. The lowest BCUT2D eigenvalue weighted by Crippen LogP contribution is -2.14. The highest BCUT2D eigenvalue weighted by Gasteiger charge is 2.09. The van der Waals surface area contributed by atoms with Gasteiger partial charge in [-0.05, 0) is 42.0 Å². The van der Waals surface area contributed by atoms with Gasteiger partial charge in [0.05, 0.1) is 17.9 Å². The molecule has 2 N–H and O–H groups in total. The van der Waals surface area contributed by atoms with Crippen molar-refractivity contribution >= 4 is 47.1 Å². The summed E-state index contributed by atoms with van der Waals surface area (Å²) in [7, 11) is 1.52. The third-order valence-electron chi connectivity index (χ3n) is 3.55. The number of methoxy groups -OCH3 is 1. The van der Waals surface area contributed by atoms with Crippen molar-refractivity contribution in [2.45, 2.75) is 5.16 Å². The molecular weight excluding hydrogens is 403 g/mol. The molecule has 0 unspecified atom stereocenters. The zero-order valence-corrected chi connectivity index (χ0v) is 16.4. The van der Waals surface area contributed by atoms with Gasteiger partial charge in [0.1, 0.15) is 17.4 Å². The number of carbonyl (C=O) groups excluding carboxylic acids is 1. The van der Waals surface area contributed by atoms with Crippen molar-refractivity contribution in [2.24, 2.45) is 0 Å². The smallest absolute Gasteiger partial charge is 0.234 e. The molecule has 0 saturated heterocycles. The second-order valence-corrected chi connectivity index (χ2v) is 6.92. The molecule has 0 aliphatic carbocycles. The van der Waals surface area contributed by atoms with E-state index in [4.69, 9.17) is 16.3 Å². The number of anilines is 1. The van der Waals surface area contributed by atoms with Crippen molar-refractivity contribution < 1.29 is 13.9 Å². The fourth-order valence-electron chi connectivity index (χ4n) is 2.22. The molecule has 1 amide bonds. The normalized spacial score (nSPS) is 11.0. The third kappa shape index (κ3) is 5.58. The maximum Gasteiger partial charge on any atom is 0.234 e. The minimum Gasteiger partial charge on any atom is -0.495 e. The number of halogens is 2. The van der Waals surface area contributed by atoms with Crippen LogP contribution in [-0.4, -0.2) is 34.0 Å². The summed E-state index contributed by atoms with van der Waals surface area (Å²) >= 11 is 7.24. The van der Waals surface area contributed by atoms with Crippen LogP contribution in [-0.2, 0) is 4.79 Å². The van der Waals surface area contributed by atoms with Gasteiger partial charge in [-0.15, -0.1) is 5.10 Å². The molecule has 0 fully saturated rings. The van der Waals surface area contributed by atoms with Crippen molar-refractivity contribution in [3.8, 4) is 5.75 Å². The van der Waals surface area contributed by atoms with E-state index in [2.05, 4.69) is 20.5 Å². The summed E-state index contributed by atoms with van der Waals surface area (Å²) in [6.07, 6.45) is 3.51. The summed E-state index contributed by atoms with van der Waals surface area (Å²) in [5, 5.41) is 10.4. The largest absolute Gasteiger partial charge is 0.495 e. The molecule has 9 heteroatoms. The second kappa shape index (κ2) is 9.38. The number of aromatic amines is 1. The maximum absolute atomic E-state index is 12.9. The van der Waals surface area contributed by atoms with Gasteiger partial charge in [-0.3, -0.25) is 9.89 Å². The molecule has 0 aliphatic rings. The fraction of sp³-hybridized carbons (Fsp3) is 0.105. The first-order valence-electron chi connectivity index (χ1n) is 8.16. The molecular formula is C19H16ClFN4O2S. The Balaban J connectivity index is 1.51. The fourth-order valence-corrected chi connectivity index (χ4v) is 3.08. The van der Waals surface area contributed by atoms with E-state index < -0.39 is 0 Å². The number of hydrogen-bond acceptors (Lipinski definition) is 5. The van der Waals surface area contributed by atoms with Gasteiger partial charge in [0.15, 0.2) is 0 Å². The maximum atomic E-state index is 12.9. The van der Waals surface area contributed by atoms with Crippen LogP contribution in [0.1, 0.15) is 11.4 Å². The Hall–Kier alpha value is -2.84. The molecule has 1 aromatic heterocycles. The van der Waals surface area contributed by atoms with Gasteiger partial charge >= 0.3 is 0 Å². The molecule has 0 saturated carbocycles. The minimum atomic E-state index is -0.286. The standard InChI is InChI=1S/C19H16ClFN4O2S/c1-27-16-8-7-14(10-15(16)20)22-18(26)11-28-19-23-17(24-25-19)9-4-12-2-5-13(21)6-3-12/h2-10H,11H2,1H3,(H,22,26)(H,23,24,25)/b9-4+. The number of amides is 1. The van der Waals surface area contributed by atoms with Crippen molar-refractivity contribution in [1.82, 2.24) is 15.2 Å². The van der Waals surface area contributed by atoms with Crippen LogP contribution < -0.4 is 10.1 Å². The Morgan fingerprint density at radius 2 is 2.07 bits per heavy atom. The lowest BCUT2D eigenvalue weighted by atomic mass is 10.2. The van der Waals surface area contributed by atoms with E-state index in [1.54, 1.807) is 42.5 Å². The average Bonchev–Trinajstić information content (AvgIpc) is 3.14. The molecule has 1 heterocycles. The number of carbonyl (C=O) groups is 1. The summed E-state index contributed by atoms with van der Waals surface area (Å²) in [5.74, 6) is 0.720. The Kier molecular flexibility index (Phi) is 6.67. The first kappa shape index (κ1) is 19.9. The predicted octanol–water partition coefficient (Wildman–Crippen LogP) is 4.51. The second-order valence-electron chi connectivity index (χ2n) is 5.57. The molecule has 144 valence electrons. The summed E-state index contributed by atoms with van der Waals surface area (Å²) in [6.45, 7) is 0. The topological polar surface area (TPSA) is 79.9 Å². The molecule has 0 spiro atoms. The lowest BCUT2D eigenvalue weighted by molar-refractivity contribution is -0.113. The van der Waals surface area contributed by atoms with Gasteiger partial charge in [-0.1, -0.05) is 41.6 Å². The van der Waals surface area contributed by atoms with E-state index in [0.717, 1.165) is 5.56 Å². The molecule has 3 rings (SSSR count). The summed E-state index contributed by atoms with van der Waals surface area (Å²) in [5.41, 5.74) is 1.42. The van der Waals surface area contributed by atoms with Crippen molar-refractivity contribution in [1.29, 1.82) is 0 Å². The number of nitrogens with zero attached hydrogens (tertiary/aromatic N) is 2. The van der Waals surface area contributed by atoms with Crippen LogP contribution in [0.3, 0.4) is 0 Å². The van der Waals surface area contributed by atoms with Gasteiger partial charge < -0.3 is 10.1 Å². The zero-order valence-electron chi connectivity index (χ0n) is 14.8. The number of aromatic nitrogens is 3. The molecule has 3 aromatic rings. The third-order valence-corrected chi connectivity index (χ3v) is 4.70. The van der Waals surface area contributed by atoms with Gasteiger partial charge in [0.25, 0.3) is 0 Å². The van der Waals surface area contributed by atoms with E-state index in [-0.39, 0.29) is 17.5 Å². The van der Waals surface area contributed by atoms with Crippen LogP contribution in [0.25, 0.3) is 12.2 Å². The Bertz CT molecular complexity index is 992. The molecule has 0 radical (unpaired) electrons. The monoisotopic (exact) mass is 418 g/mol. The van der Waals surface area contributed by atoms with E-state index in [9.17, 15) is 9.18 Å². The van der Waals surface area contributed by atoms with Crippen molar-refractivity contribution in [2.75, 3.05) is 18.2 Å². The summed E-state index contributed by atoms with van der Waals surface area (Å²) in [6, 6.07) is 11.1. The molecule has 0 atom stereocenters. The Morgan fingerprint density at radius 1 is 1.29 bits per heavy atom. The number of hydrogen-bond donors (Lipinski definition) is 2.